The Labute approximate surface area is 85.0 Å². The van der Waals surface area contributed by atoms with E-state index in [0.29, 0.717) is 19.1 Å². The number of ether oxygens (including phenoxy) is 1. The Hall–Kier alpha value is -0.610. The third-order valence-electron chi connectivity index (χ3n) is 2.70. The highest BCUT2D eigenvalue weighted by Crippen LogP contribution is 2.20. The Bertz CT molecular complexity index is 179. The maximum atomic E-state index is 10.6. The number of nitrogens with two attached hydrogens (primary N) is 2. The monoisotopic (exact) mass is 200 g/mol. The Morgan fingerprint density at radius 1 is 1.36 bits per heavy atom. The van der Waals surface area contributed by atoms with Gasteiger partial charge in [-0.25, -0.2) is 0 Å². The van der Waals surface area contributed by atoms with Crippen LogP contribution in [-0.4, -0.2) is 24.7 Å². The molecule has 14 heavy (non-hydrogen) atoms. The van der Waals surface area contributed by atoms with E-state index in [1.807, 2.05) is 0 Å². The molecule has 0 radical (unpaired) electrons. The molecule has 1 saturated carbocycles. The minimum Gasteiger partial charge on any atom is -0.378 e. The van der Waals surface area contributed by atoms with Crippen molar-refractivity contribution in [1.29, 1.82) is 0 Å². The molecule has 0 spiro atoms. The van der Waals surface area contributed by atoms with Gasteiger partial charge in [-0.15, -0.1) is 0 Å². The lowest BCUT2D eigenvalue weighted by molar-refractivity contribution is -0.119. The van der Waals surface area contributed by atoms with Gasteiger partial charge < -0.3 is 16.2 Å². The molecule has 1 aliphatic carbocycles. The molecule has 82 valence electrons. The van der Waals surface area contributed by atoms with Gasteiger partial charge in [-0.05, 0) is 19.3 Å². The molecule has 4 N–H and O–H groups in total. The fraction of sp³-hybridized carbons (Fsp3) is 0.900. The predicted molar refractivity (Wildman–Crippen MR) is 54.6 cm³/mol. The van der Waals surface area contributed by atoms with E-state index in [0.717, 1.165) is 12.8 Å². The van der Waals surface area contributed by atoms with Crippen molar-refractivity contribution in [2.45, 2.75) is 50.7 Å². The number of hydrogen-bond acceptors (Lipinski definition) is 3. The van der Waals surface area contributed by atoms with Crippen LogP contribution in [0.4, 0.5) is 0 Å². The summed E-state index contributed by atoms with van der Waals surface area (Å²) in [5.74, 6) is -0.447. The third kappa shape index (κ3) is 4.07. The average molecular weight is 200 g/mol. The molecular weight excluding hydrogens is 180 g/mol. The highest BCUT2D eigenvalue weighted by molar-refractivity contribution is 5.79. The SMILES string of the molecule is NC(=O)C(N)CCOC1CCCCC1. The molecule has 0 heterocycles. The van der Waals surface area contributed by atoms with Crippen LogP contribution in [0.3, 0.4) is 0 Å². The number of hydrogen-bond donors (Lipinski definition) is 2. The number of carbonyl (C=O) groups is 1. The van der Waals surface area contributed by atoms with Gasteiger partial charge >= 0.3 is 0 Å². The van der Waals surface area contributed by atoms with Gasteiger partial charge in [0.15, 0.2) is 0 Å². The molecule has 0 aromatic rings. The zero-order chi connectivity index (χ0) is 10.4. The van der Waals surface area contributed by atoms with Gasteiger partial charge in [0.1, 0.15) is 0 Å². The first-order valence-corrected chi connectivity index (χ1v) is 5.36. The number of primary amides is 1. The Kier molecular flexibility index (Phi) is 4.90. The van der Waals surface area contributed by atoms with Gasteiger partial charge in [-0.3, -0.25) is 4.79 Å². The summed E-state index contributed by atoms with van der Waals surface area (Å²) in [6, 6.07) is -0.557. The molecular formula is C10H20N2O2. The summed E-state index contributed by atoms with van der Waals surface area (Å²) in [7, 11) is 0. The number of carbonyl (C=O) groups excluding carboxylic acids is 1. The molecule has 4 nitrogen and oxygen atoms in total. The van der Waals surface area contributed by atoms with Gasteiger partial charge in [-0.1, -0.05) is 19.3 Å². The molecule has 0 saturated heterocycles. The quantitative estimate of drug-likeness (QED) is 0.679. The second kappa shape index (κ2) is 5.98. The van der Waals surface area contributed by atoms with Gasteiger partial charge in [0.2, 0.25) is 5.91 Å². The molecule has 1 atom stereocenters. The average Bonchev–Trinajstić information content (AvgIpc) is 2.19. The second-order valence-corrected chi connectivity index (χ2v) is 3.93. The van der Waals surface area contributed by atoms with E-state index in [4.69, 9.17) is 16.2 Å². The summed E-state index contributed by atoms with van der Waals surface area (Å²) in [6.07, 6.45) is 7.03. The molecule has 0 aliphatic heterocycles. The Morgan fingerprint density at radius 3 is 2.57 bits per heavy atom. The van der Waals surface area contributed by atoms with Crippen molar-refractivity contribution in [2.75, 3.05) is 6.61 Å². The Balaban J connectivity index is 2.05. The molecule has 1 unspecified atom stereocenters. The van der Waals surface area contributed by atoms with Crippen molar-refractivity contribution in [2.24, 2.45) is 11.5 Å². The van der Waals surface area contributed by atoms with Crippen LogP contribution in [0.1, 0.15) is 38.5 Å². The molecule has 0 bridgehead atoms. The lowest BCUT2D eigenvalue weighted by Gasteiger charge is -2.22. The minimum atomic E-state index is -0.557. The summed E-state index contributed by atoms with van der Waals surface area (Å²) in [5.41, 5.74) is 10.5. The molecule has 0 aromatic carbocycles. The molecule has 1 fully saturated rings. The van der Waals surface area contributed by atoms with Gasteiger partial charge in [0, 0.05) is 6.61 Å². The van der Waals surface area contributed by atoms with Crippen molar-refractivity contribution >= 4 is 5.91 Å². The smallest absolute Gasteiger partial charge is 0.234 e. The zero-order valence-electron chi connectivity index (χ0n) is 8.58. The lowest BCUT2D eigenvalue weighted by Crippen LogP contribution is -2.37. The van der Waals surface area contributed by atoms with E-state index in [1.54, 1.807) is 0 Å². The maximum Gasteiger partial charge on any atom is 0.234 e. The van der Waals surface area contributed by atoms with Crippen molar-refractivity contribution in [1.82, 2.24) is 0 Å². The molecule has 1 amide bonds. The summed E-state index contributed by atoms with van der Waals surface area (Å²) < 4.78 is 5.62. The van der Waals surface area contributed by atoms with Crippen LogP contribution in [0.25, 0.3) is 0 Å². The van der Waals surface area contributed by atoms with Crippen LogP contribution in [0.2, 0.25) is 0 Å². The van der Waals surface area contributed by atoms with Crippen molar-refractivity contribution < 1.29 is 9.53 Å². The lowest BCUT2D eigenvalue weighted by atomic mass is 9.98. The third-order valence-corrected chi connectivity index (χ3v) is 2.70. The van der Waals surface area contributed by atoms with Crippen molar-refractivity contribution in [3.05, 3.63) is 0 Å². The fourth-order valence-corrected chi connectivity index (χ4v) is 1.74. The van der Waals surface area contributed by atoms with Crippen molar-refractivity contribution in [3.63, 3.8) is 0 Å². The first kappa shape index (κ1) is 11.5. The van der Waals surface area contributed by atoms with Crippen LogP contribution in [0, 0.1) is 0 Å². The van der Waals surface area contributed by atoms with E-state index in [9.17, 15) is 4.79 Å². The minimum absolute atomic E-state index is 0.379. The predicted octanol–water partition coefficient (Wildman–Crippen LogP) is 0.538. The molecule has 1 aliphatic rings. The van der Waals surface area contributed by atoms with E-state index in [-0.39, 0.29) is 0 Å². The topological polar surface area (TPSA) is 78.3 Å². The second-order valence-electron chi connectivity index (χ2n) is 3.93. The number of amides is 1. The fourth-order valence-electron chi connectivity index (χ4n) is 1.74. The molecule has 4 heteroatoms. The maximum absolute atomic E-state index is 10.6. The van der Waals surface area contributed by atoms with Gasteiger partial charge in [-0.2, -0.15) is 0 Å². The zero-order valence-corrected chi connectivity index (χ0v) is 8.58. The van der Waals surface area contributed by atoms with Crippen LogP contribution in [0.15, 0.2) is 0 Å². The van der Waals surface area contributed by atoms with Gasteiger partial charge in [0.05, 0.1) is 12.1 Å². The van der Waals surface area contributed by atoms with Crippen molar-refractivity contribution in [3.8, 4) is 0 Å². The van der Waals surface area contributed by atoms with Crippen LogP contribution < -0.4 is 11.5 Å². The highest BCUT2D eigenvalue weighted by Gasteiger charge is 2.15. The first-order chi connectivity index (χ1) is 6.70. The first-order valence-electron chi connectivity index (χ1n) is 5.36. The standard InChI is InChI=1S/C10H20N2O2/c11-9(10(12)13)6-7-14-8-4-2-1-3-5-8/h8-9H,1-7,11H2,(H2,12,13). The van der Waals surface area contributed by atoms with E-state index in [2.05, 4.69) is 0 Å². The normalized spacial score (nSPS) is 20.6. The van der Waals surface area contributed by atoms with Gasteiger partial charge in [0.25, 0.3) is 0 Å². The van der Waals surface area contributed by atoms with E-state index >= 15 is 0 Å². The summed E-state index contributed by atoms with van der Waals surface area (Å²) in [4.78, 5) is 10.6. The van der Waals surface area contributed by atoms with E-state index < -0.39 is 11.9 Å². The number of rotatable bonds is 5. The summed E-state index contributed by atoms with van der Waals surface area (Å²) in [5, 5.41) is 0. The van der Waals surface area contributed by atoms with Crippen LogP contribution in [0.5, 0.6) is 0 Å². The highest BCUT2D eigenvalue weighted by atomic mass is 16.5. The summed E-state index contributed by atoms with van der Waals surface area (Å²) >= 11 is 0. The van der Waals surface area contributed by atoms with Crippen LogP contribution >= 0.6 is 0 Å². The van der Waals surface area contributed by atoms with E-state index in [1.165, 1.54) is 19.3 Å². The Morgan fingerprint density at radius 2 is 2.00 bits per heavy atom. The summed E-state index contributed by atoms with van der Waals surface area (Å²) in [6.45, 7) is 0.550. The molecule has 1 rings (SSSR count). The van der Waals surface area contributed by atoms with Crippen LogP contribution in [-0.2, 0) is 9.53 Å². The molecule has 0 aromatic heterocycles. The largest absolute Gasteiger partial charge is 0.378 e.